The third-order valence-corrected chi connectivity index (χ3v) is 6.60. The third kappa shape index (κ3) is 3.47. The zero-order valence-corrected chi connectivity index (χ0v) is 15.0. The Kier molecular flexibility index (Phi) is 4.71. The van der Waals surface area contributed by atoms with Crippen molar-refractivity contribution in [1.82, 2.24) is 4.90 Å². The maximum absolute atomic E-state index is 13.0. The van der Waals surface area contributed by atoms with Gasteiger partial charge in [0.1, 0.15) is 0 Å². The van der Waals surface area contributed by atoms with Crippen LogP contribution >= 0.6 is 12.2 Å². The number of rotatable bonds is 4. The van der Waals surface area contributed by atoms with Gasteiger partial charge in [0.15, 0.2) is 14.9 Å². The van der Waals surface area contributed by atoms with Crippen molar-refractivity contribution in [2.75, 3.05) is 36.7 Å². The summed E-state index contributed by atoms with van der Waals surface area (Å²) in [5, 5.41) is 0.335. The van der Waals surface area contributed by atoms with E-state index in [2.05, 4.69) is 0 Å². The fraction of sp³-hybridized carbons (Fsp3) is 0.533. The predicted molar refractivity (Wildman–Crippen MR) is 91.3 cm³/mol. The lowest BCUT2D eigenvalue weighted by molar-refractivity contribution is -0.137. The lowest BCUT2D eigenvalue weighted by Gasteiger charge is -2.26. The molecule has 1 aromatic carbocycles. The van der Waals surface area contributed by atoms with E-state index in [1.807, 2.05) is 0 Å². The summed E-state index contributed by atoms with van der Waals surface area (Å²) in [7, 11) is -1.75. The predicted octanol–water partition coefficient (Wildman–Crippen LogP) is 1.92. The molecule has 3 rings (SSSR count). The average molecular weight is 394 g/mol. The number of hydrogen-bond acceptors (Lipinski definition) is 4. The minimum absolute atomic E-state index is 0.0585. The zero-order chi connectivity index (χ0) is 18.4. The van der Waals surface area contributed by atoms with Crippen molar-refractivity contribution in [3.8, 4) is 0 Å². The third-order valence-electron chi connectivity index (χ3n) is 4.47. The number of alkyl halides is 3. The Morgan fingerprint density at radius 2 is 1.96 bits per heavy atom. The van der Waals surface area contributed by atoms with E-state index in [0.717, 1.165) is 12.1 Å². The topological polar surface area (TPSA) is 49.9 Å². The molecule has 0 aromatic heterocycles. The minimum Gasteiger partial charge on any atom is -0.383 e. The second kappa shape index (κ2) is 6.40. The highest BCUT2D eigenvalue weighted by molar-refractivity contribution is 7.91. The van der Waals surface area contributed by atoms with Crippen molar-refractivity contribution in [2.24, 2.45) is 0 Å². The van der Waals surface area contributed by atoms with Gasteiger partial charge in [0.05, 0.1) is 35.8 Å². The number of hydrogen-bond donors (Lipinski definition) is 0. The molecule has 138 valence electrons. The SMILES string of the molecule is COCCN1C(=S)N(c2cccc(C(F)(F)F)c2)[C@H]2CS(=O)(=O)C[C@@H]21. The molecular weight excluding hydrogens is 377 g/mol. The Labute approximate surface area is 149 Å². The number of thiocarbonyl (C=S) groups is 1. The van der Waals surface area contributed by atoms with E-state index in [-0.39, 0.29) is 23.2 Å². The van der Waals surface area contributed by atoms with Crippen molar-refractivity contribution >= 4 is 32.9 Å². The minimum atomic E-state index is -4.48. The first-order valence-corrected chi connectivity index (χ1v) is 9.83. The lowest BCUT2D eigenvalue weighted by Crippen LogP contribution is -2.39. The summed E-state index contributed by atoms with van der Waals surface area (Å²) in [6, 6.07) is 3.95. The number of benzene rings is 1. The molecule has 5 nitrogen and oxygen atoms in total. The van der Waals surface area contributed by atoms with Gasteiger partial charge in [0.2, 0.25) is 0 Å². The molecule has 2 atom stereocenters. The van der Waals surface area contributed by atoms with Crippen molar-refractivity contribution in [3.63, 3.8) is 0 Å². The van der Waals surface area contributed by atoms with Crippen molar-refractivity contribution < 1.29 is 26.3 Å². The normalized spacial score (nSPS) is 25.5. The summed E-state index contributed by atoms with van der Waals surface area (Å²) >= 11 is 5.44. The Hall–Kier alpha value is -1.39. The molecule has 25 heavy (non-hydrogen) atoms. The van der Waals surface area contributed by atoms with Crippen LogP contribution in [0.4, 0.5) is 18.9 Å². The number of halogens is 3. The highest BCUT2D eigenvalue weighted by Crippen LogP contribution is 2.37. The Bertz CT molecular complexity index is 782. The number of methoxy groups -OCH3 is 1. The van der Waals surface area contributed by atoms with Crippen molar-refractivity contribution in [1.29, 1.82) is 0 Å². The summed E-state index contributed by atoms with van der Waals surface area (Å²) in [6.45, 7) is 0.737. The van der Waals surface area contributed by atoms with E-state index < -0.39 is 27.6 Å². The van der Waals surface area contributed by atoms with Gasteiger partial charge in [0, 0.05) is 19.3 Å². The van der Waals surface area contributed by atoms with E-state index >= 15 is 0 Å². The molecule has 2 fully saturated rings. The second-order valence-electron chi connectivity index (χ2n) is 6.10. The summed E-state index contributed by atoms with van der Waals surface area (Å²) in [5.74, 6) is -0.186. The van der Waals surface area contributed by atoms with E-state index in [1.54, 1.807) is 4.90 Å². The summed E-state index contributed by atoms with van der Waals surface area (Å²) < 4.78 is 68.2. The summed E-state index contributed by atoms with van der Waals surface area (Å²) in [5.41, 5.74) is -0.535. The van der Waals surface area contributed by atoms with Gasteiger partial charge < -0.3 is 14.5 Å². The quantitative estimate of drug-likeness (QED) is 0.728. The molecule has 2 aliphatic heterocycles. The largest absolute Gasteiger partial charge is 0.416 e. The number of nitrogens with zero attached hydrogens (tertiary/aromatic N) is 2. The Morgan fingerprint density at radius 3 is 2.60 bits per heavy atom. The van der Waals surface area contributed by atoms with Gasteiger partial charge in [-0.2, -0.15) is 13.2 Å². The molecule has 0 radical (unpaired) electrons. The molecule has 1 aromatic rings. The monoisotopic (exact) mass is 394 g/mol. The van der Waals surface area contributed by atoms with E-state index in [4.69, 9.17) is 17.0 Å². The van der Waals surface area contributed by atoms with Crippen LogP contribution in [0.3, 0.4) is 0 Å². The molecule has 0 N–H and O–H groups in total. The molecule has 0 unspecified atom stereocenters. The van der Waals surface area contributed by atoms with Crippen LogP contribution in [0.15, 0.2) is 24.3 Å². The standard InChI is InChI=1S/C15H17F3N2O3S2/c1-23-6-5-19-12-8-25(21,22)9-13(12)20(14(19)24)11-4-2-3-10(7-11)15(16,17)18/h2-4,7,12-13H,5-6,8-9H2,1H3/t12-,13-/m0/s1. The number of fused-ring (bicyclic) bond motifs is 1. The molecule has 2 saturated heterocycles. The number of ether oxygens (including phenoxy) is 1. The molecule has 0 aliphatic carbocycles. The van der Waals surface area contributed by atoms with Gasteiger partial charge in [-0.3, -0.25) is 0 Å². The van der Waals surface area contributed by atoms with Gasteiger partial charge in [-0.15, -0.1) is 0 Å². The Morgan fingerprint density at radius 1 is 1.28 bits per heavy atom. The first-order valence-electron chi connectivity index (χ1n) is 7.60. The molecule has 2 heterocycles. The first-order chi connectivity index (χ1) is 11.6. The van der Waals surface area contributed by atoms with Crippen LogP contribution < -0.4 is 4.90 Å². The van der Waals surface area contributed by atoms with Crippen LogP contribution in [-0.2, 0) is 20.8 Å². The first kappa shape index (κ1) is 18.4. The van der Waals surface area contributed by atoms with Crippen molar-refractivity contribution in [3.05, 3.63) is 29.8 Å². The van der Waals surface area contributed by atoms with Crippen molar-refractivity contribution in [2.45, 2.75) is 18.3 Å². The molecule has 0 bridgehead atoms. The summed E-state index contributed by atoms with van der Waals surface area (Å²) in [6.07, 6.45) is -4.48. The average Bonchev–Trinajstić information content (AvgIpc) is 2.94. The van der Waals surface area contributed by atoms with Crippen LogP contribution in [0, 0.1) is 0 Å². The lowest BCUT2D eigenvalue weighted by atomic mass is 10.1. The second-order valence-corrected chi connectivity index (χ2v) is 8.62. The fourth-order valence-corrected chi connectivity index (χ4v) is 5.78. The van der Waals surface area contributed by atoms with E-state index in [0.29, 0.717) is 18.3 Å². The van der Waals surface area contributed by atoms with Gasteiger partial charge in [-0.05, 0) is 30.4 Å². The molecule has 0 amide bonds. The highest BCUT2D eigenvalue weighted by atomic mass is 32.2. The molecule has 0 saturated carbocycles. The fourth-order valence-electron chi connectivity index (χ4n) is 3.36. The van der Waals surface area contributed by atoms with Gasteiger partial charge in [-0.25, -0.2) is 8.42 Å². The Balaban J connectivity index is 1.99. The van der Waals surface area contributed by atoms with Crippen LogP contribution in [-0.4, -0.2) is 62.3 Å². The highest BCUT2D eigenvalue weighted by Gasteiger charge is 2.52. The van der Waals surface area contributed by atoms with Gasteiger partial charge in [0.25, 0.3) is 0 Å². The molecule has 10 heteroatoms. The maximum atomic E-state index is 13.0. The summed E-state index contributed by atoms with van der Waals surface area (Å²) in [4.78, 5) is 3.28. The van der Waals surface area contributed by atoms with Crippen LogP contribution in [0.1, 0.15) is 5.56 Å². The smallest absolute Gasteiger partial charge is 0.383 e. The molecule has 2 aliphatic rings. The molecular formula is C15H17F3N2O3S2. The number of anilines is 1. The van der Waals surface area contributed by atoms with Crippen LogP contribution in [0.2, 0.25) is 0 Å². The maximum Gasteiger partial charge on any atom is 0.416 e. The van der Waals surface area contributed by atoms with Crippen LogP contribution in [0.5, 0.6) is 0 Å². The van der Waals surface area contributed by atoms with Gasteiger partial charge >= 0.3 is 6.18 Å². The number of sulfone groups is 1. The van der Waals surface area contributed by atoms with E-state index in [1.165, 1.54) is 24.1 Å². The van der Waals surface area contributed by atoms with E-state index in [9.17, 15) is 21.6 Å². The molecule has 0 spiro atoms. The van der Waals surface area contributed by atoms with Crippen LogP contribution in [0.25, 0.3) is 0 Å². The zero-order valence-electron chi connectivity index (χ0n) is 13.4. The van der Waals surface area contributed by atoms with Gasteiger partial charge in [-0.1, -0.05) is 6.07 Å².